The van der Waals surface area contributed by atoms with Crippen molar-refractivity contribution in [3.63, 3.8) is 0 Å². The molecule has 1 saturated carbocycles. The number of anilines is 1. The molecule has 2 aliphatic carbocycles. The van der Waals surface area contributed by atoms with Gasteiger partial charge in [-0.05, 0) is 55.4 Å². The van der Waals surface area contributed by atoms with Crippen LogP contribution in [-0.2, 0) is 9.59 Å². The molecule has 5 heteroatoms. The summed E-state index contributed by atoms with van der Waals surface area (Å²) in [5.74, 6) is -0.141. The van der Waals surface area contributed by atoms with Gasteiger partial charge >= 0.3 is 0 Å². The summed E-state index contributed by atoms with van der Waals surface area (Å²) in [7, 11) is 0. The van der Waals surface area contributed by atoms with Gasteiger partial charge in [-0.2, -0.15) is 0 Å². The van der Waals surface area contributed by atoms with Crippen LogP contribution in [0.2, 0.25) is 0 Å². The first-order valence-corrected chi connectivity index (χ1v) is 10.0. The zero-order valence-electron chi connectivity index (χ0n) is 15.9. The fraction of sp³-hybridized carbons (Fsp3) is 0.500. The Bertz CT molecular complexity index is 762. The number of fused-ring (bicyclic) bond motifs is 5. The van der Waals surface area contributed by atoms with Gasteiger partial charge in [-0.25, -0.2) is 0 Å². The Kier molecular flexibility index (Phi) is 4.62. The van der Waals surface area contributed by atoms with Crippen molar-refractivity contribution in [2.75, 3.05) is 18.0 Å². The largest absolute Gasteiger partial charge is 0.339 e. The third-order valence-corrected chi connectivity index (χ3v) is 6.12. The number of allylic oxidation sites excluding steroid dienone is 2. The number of carbonyl (C=O) groups excluding carboxylic acids is 3. The molecule has 1 heterocycles. The van der Waals surface area contributed by atoms with Gasteiger partial charge in [0.05, 0.1) is 17.5 Å². The summed E-state index contributed by atoms with van der Waals surface area (Å²) in [6, 6.07) is 6.93. The monoisotopic (exact) mass is 366 g/mol. The molecule has 1 aromatic rings. The quantitative estimate of drug-likeness (QED) is 0.574. The zero-order valence-corrected chi connectivity index (χ0v) is 15.9. The molecule has 3 amide bonds. The van der Waals surface area contributed by atoms with Gasteiger partial charge in [0, 0.05) is 18.7 Å². The highest BCUT2D eigenvalue weighted by Gasteiger charge is 2.59. The van der Waals surface area contributed by atoms with Gasteiger partial charge in [0.15, 0.2) is 0 Å². The van der Waals surface area contributed by atoms with E-state index in [2.05, 4.69) is 26.0 Å². The van der Waals surface area contributed by atoms with Crippen molar-refractivity contribution in [1.29, 1.82) is 0 Å². The van der Waals surface area contributed by atoms with Crippen LogP contribution in [0.3, 0.4) is 0 Å². The second kappa shape index (κ2) is 6.95. The van der Waals surface area contributed by atoms with E-state index in [0.29, 0.717) is 11.3 Å². The van der Waals surface area contributed by atoms with Crippen molar-refractivity contribution < 1.29 is 14.4 Å². The van der Waals surface area contributed by atoms with Crippen molar-refractivity contribution in [3.8, 4) is 0 Å². The number of hydrogen-bond donors (Lipinski definition) is 0. The van der Waals surface area contributed by atoms with Crippen molar-refractivity contribution in [2.45, 2.75) is 33.1 Å². The maximum absolute atomic E-state index is 12.9. The number of amides is 3. The van der Waals surface area contributed by atoms with Crippen LogP contribution in [0.25, 0.3) is 0 Å². The first kappa shape index (κ1) is 18.0. The third-order valence-electron chi connectivity index (χ3n) is 6.12. The van der Waals surface area contributed by atoms with Crippen molar-refractivity contribution in [3.05, 3.63) is 42.0 Å². The van der Waals surface area contributed by atoms with Gasteiger partial charge in [-0.15, -0.1) is 0 Å². The summed E-state index contributed by atoms with van der Waals surface area (Å²) in [5, 5.41) is 0. The summed E-state index contributed by atoms with van der Waals surface area (Å²) < 4.78 is 0. The minimum absolute atomic E-state index is 0.00318. The second-order valence-corrected chi connectivity index (χ2v) is 7.85. The van der Waals surface area contributed by atoms with Crippen LogP contribution in [0.5, 0.6) is 0 Å². The smallest absolute Gasteiger partial charge is 0.253 e. The van der Waals surface area contributed by atoms with Crippen molar-refractivity contribution in [1.82, 2.24) is 4.90 Å². The van der Waals surface area contributed by atoms with Crippen molar-refractivity contribution in [2.24, 2.45) is 23.7 Å². The van der Waals surface area contributed by atoms with Gasteiger partial charge in [0.2, 0.25) is 11.8 Å². The Labute approximate surface area is 160 Å². The molecule has 1 aromatic carbocycles. The SMILES string of the molecule is CCCN(CCC)C(=O)c1ccc(N2C(=O)[C@@H]3[C@@H](C2=O)[C@@H]2C=C[C@@H]3C2)cc1. The molecule has 3 aliphatic rings. The van der Waals surface area contributed by atoms with Crippen LogP contribution in [0.15, 0.2) is 36.4 Å². The van der Waals surface area contributed by atoms with E-state index in [4.69, 9.17) is 0 Å². The molecule has 1 aliphatic heterocycles. The van der Waals surface area contributed by atoms with Crippen LogP contribution in [0.1, 0.15) is 43.5 Å². The molecule has 0 radical (unpaired) electrons. The fourth-order valence-electron chi connectivity index (χ4n) is 4.95. The third kappa shape index (κ3) is 2.80. The van der Waals surface area contributed by atoms with E-state index in [1.165, 1.54) is 4.90 Å². The van der Waals surface area contributed by atoms with Crippen LogP contribution >= 0.6 is 0 Å². The molecule has 1 saturated heterocycles. The van der Waals surface area contributed by atoms with E-state index < -0.39 is 0 Å². The first-order valence-electron chi connectivity index (χ1n) is 10.0. The average Bonchev–Trinajstić information content (AvgIpc) is 3.35. The van der Waals surface area contributed by atoms with Gasteiger partial charge in [-0.3, -0.25) is 19.3 Å². The molecular weight excluding hydrogens is 340 g/mol. The number of nitrogens with zero attached hydrogens (tertiary/aromatic N) is 2. The predicted octanol–water partition coefficient (Wildman–Crippen LogP) is 3.26. The summed E-state index contributed by atoms with van der Waals surface area (Å²) in [4.78, 5) is 41.7. The number of carbonyl (C=O) groups is 3. The Hall–Kier alpha value is -2.43. The normalized spacial score (nSPS) is 28.1. The highest BCUT2D eigenvalue weighted by molar-refractivity contribution is 6.22. The maximum Gasteiger partial charge on any atom is 0.253 e. The lowest BCUT2D eigenvalue weighted by atomic mass is 9.85. The standard InChI is InChI=1S/C22H26N2O3/c1-3-11-23(12-4-2)20(25)14-7-9-17(10-8-14)24-21(26)18-15-5-6-16(13-15)19(18)22(24)27/h5-10,15-16,18-19H,3-4,11-13H2,1-2H3/t15-,16-,18+,19+/m1/s1. The summed E-state index contributed by atoms with van der Waals surface area (Å²) in [5.41, 5.74) is 1.18. The molecule has 0 N–H and O–H groups in total. The molecule has 4 atom stereocenters. The van der Waals surface area contributed by atoms with Crippen molar-refractivity contribution >= 4 is 23.4 Å². The summed E-state index contributed by atoms with van der Waals surface area (Å²) in [6.45, 7) is 5.58. The molecule has 5 nitrogen and oxygen atoms in total. The van der Waals surface area contributed by atoms with E-state index in [9.17, 15) is 14.4 Å². The maximum atomic E-state index is 12.9. The number of rotatable bonds is 6. The van der Waals surface area contributed by atoms with Gasteiger partial charge in [0.25, 0.3) is 5.91 Å². The van der Waals surface area contributed by atoms with Crippen LogP contribution in [0, 0.1) is 23.7 Å². The molecule has 0 aromatic heterocycles. The van der Waals surface area contributed by atoms with E-state index in [1.807, 2.05) is 4.90 Å². The van der Waals surface area contributed by atoms with E-state index in [1.54, 1.807) is 24.3 Å². The van der Waals surface area contributed by atoms with Crippen LogP contribution in [0.4, 0.5) is 5.69 Å². The lowest BCUT2D eigenvalue weighted by Crippen LogP contribution is -2.33. The van der Waals surface area contributed by atoms with Gasteiger partial charge in [-0.1, -0.05) is 26.0 Å². The highest BCUT2D eigenvalue weighted by atomic mass is 16.2. The Morgan fingerprint density at radius 2 is 1.48 bits per heavy atom. The molecule has 2 fully saturated rings. The lowest BCUT2D eigenvalue weighted by Gasteiger charge is -2.22. The molecule has 27 heavy (non-hydrogen) atoms. The Morgan fingerprint density at radius 1 is 0.963 bits per heavy atom. The Balaban J connectivity index is 1.54. The van der Waals surface area contributed by atoms with E-state index in [0.717, 1.165) is 32.4 Å². The lowest BCUT2D eigenvalue weighted by molar-refractivity contribution is -0.123. The summed E-state index contributed by atoms with van der Waals surface area (Å²) >= 11 is 0. The number of benzene rings is 1. The highest BCUT2D eigenvalue weighted by Crippen LogP contribution is 2.53. The molecule has 142 valence electrons. The fourth-order valence-corrected chi connectivity index (χ4v) is 4.95. The van der Waals surface area contributed by atoms with E-state index >= 15 is 0 Å². The molecule has 2 bridgehead atoms. The predicted molar refractivity (Wildman–Crippen MR) is 103 cm³/mol. The number of imide groups is 1. The molecule has 0 unspecified atom stereocenters. The van der Waals surface area contributed by atoms with Gasteiger partial charge < -0.3 is 4.90 Å². The van der Waals surface area contributed by atoms with Crippen LogP contribution < -0.4 is 4.90 Å². The number of hydrogen-bond acceptors (Lipinski definition) is 3. The molecule has 0 spiro atoms. The van der Waals surface area contributed by atoms with Crippen LogP contribution in [-0.4, -0.2) is 35.7 Å². The minimum atomic E-state index is -0.196. The van der Waals surface area contributed by atoms with E-state index in [-0.39, 0.29) is 41.4 Å². The average molecular weight is 366 g/mol. The summed E-state index contributed by atoms with van der Waals surface area (Å²) in [6.07, 6.45) is 6.95. The Morgan fingerprint density at radius 3 is 1.96 bits per heavy atom. The zero-order chi connectivity index (χ0) is 19.1. The molecule has 4 rings (SSSR count). The second-order valence-electron chi connectivity index (χ2n) is 7.85. The first-order chi connectivity index (χ1) is 13.1. The van der Waals surface area contributed by atoms with Gasteiger partial charge in [0.1, 0.15) is 0 Å². The molecular formula is C22H26N2O3. The topological polar surface area (TPSA) is 57.7 Å². The minimum Gasteiger partial charge on any atom is -0.339 e.